The zero-order valence-electron chi connectivity index (χ0n) is 19.6. The summed E-state index contributed by atoms with van der Waals surface area (Å²) < 4.78 is 24.7. The van der Waals surface area contributed by atoms with Crippen LogP contribution in [0.3, 0.4) is 0 Å². The summed E-state index contributed by atoms with van der Waals surface area (Å²) in [6.07, 6.45) is 0.0901. The number of amides is 1. The van der Waals surface area contributed by atoms with E-state index >= 15 is 0 Å². The number of H-pyrrole nitrogens is 1. The molecule has 3 aromatic carbocycles. The molecule has 0 saturated heterocycles. The largest absolute Gasteiger partial charge is 0.321 e. The van der Waals surface area contributed by atoms with Crippen LogP contribution >= 0.6 is 34.8 Å². The highest BCUT2D eigenvalue weighted by atomic mass is 35.5. The zero-order valence-corrected chi connectivity index (χ0v) is 22.7. The molecule has 0 aliphatic carbocycles. The highest BCUT2D eigenvalue weighted by Gasteiger charge is 2.27. The van der Waals surface area contributed by atoms with Crippen LogP contribution in [0.1, 0.15) is 21.9 Å². The topological polar surface area (TPSA) is 162 Å². The number of halogens is 3. The van der Waals surface area contributed by atoms with Gasteiger partial charge in [-0.1, -0.05) is 52.1 Å². The van der Waals surface area contributed by atoms with E-state index in [1.807, 2.05) is 0 Å². The Balaban J connectivity index is 1.67. The maximum absolute atomic E-state index is 13.6. The van der Waals surface area contributed by atoms with Crippen LogP contribution in [-0.2, 0) is 16.4 Å². The van der Waals surface area contributed by atoms with Crippen molar-refractivity contribution in [2.75, 3.05) is 5.32 Å². The number of carbonyl (C=O) groups excluding carboxylic acids is 1. The normalized spacial score (nSPS) is 11.5. The second-order valence-electron chi connectivity index (χ2n) is 8.22. The number of primary sulfonamides is 1. The Hall–Kier alpha value is -3.81. The number of nitrogens with zero attached hydrogens (tertiary/aromatic N) is 5. The minimum Gasteiger partial charge on any atom is -0.321 e. The van der Waals surface area contributed by atoms with Gasteiger partial charge in [0.1, 0.15) is 0 Å². The quantitative estimate of drug-likeness (QED) is 0.247. The van der Waals surface area contributed by atoms with Crippen LogP contribution in [0.25, 0.3) is 16.9 Å². The summed E-state index contributed by atoms with van der Waals surface area (Å²) in [7, 11) is -3.89. The first kappa shape index (κ1) is 26.8. The minimum absolute atomic E-state index is 0.0475. The molecule has 1 amide bonds. The van der Waals surface area contributed by atoms with E-state index in [0.29, 0.717) is 49.1 Å². The average Bonchev–Trinajstić information content (AvgIpc) is 3.53. The van der Waals surface area contributed by atoms with E-state index < -0.39 is 15.9 Å². The molecule has 0 radical (unpaired) electrons. The fourth-order valence-electron chi connectivity index (χ4n) is 3.87. The fraction of sp³-hybridized carbons (Fsp3) is 0.0417. The summed E-state index contributed by atoms with van der Waals surface area (Å²) in [4.78, 5) is 13.5. The van der Waals surface area contributed by atoms with Crippen molar-refractivity contribution in [1.82, 2.24) is 30.4 Å². The van der Waals surface area contributed by atoms with Gasteiger partial charge in [0, 0.05) is 33.3 Å². The van der Waals surface area contributed by atoms with Gasteiger partial charge in [-0.05, 0) is 54.6 Å². The third kappa shape index (κ3) is 5.79. The maximum atomic E-state index is 13.6. The molecule has 0 spiro atoms. The van der Waals surface area contributed by atoms with Crippen molar-refractivity contribution in [2.24, 2.45) is 5.14 Å². The van der Waals surface area contributed by atoms with Crippen molar-refractivity contribution < 1.29 is 13.2 Å². The summed E-state index contributed by atoms with van der Waals surface area (Å²) in [5.41, 5.74) is 2.54. The predicted octanol–water partition coefficient (Wildman–Crippen LogP) is 4.50. The molecule has 4 N–H and O–H groups in total. The highest BCUT2D eigenvalue weighted by molar-refractivity contribution is 7.89. The van der Waals surface area contributed by atoms with Gasteiger partial charge < -0.3 is 5.32 Å². The molecule has 0 atom stereocenters. The van der Waals surface area contributed by atoms with Crippen molar-refractivity contribution >= 4 is 56.4 Å². The third-order valence-electron chi connectivity index (χ3n) is 5.62. The van der Waals surface area contributed by atoms with Crippen molar-refractivity contribution in [3.63, 3.8) is 0 Å². The molecular weight excluding hydrogens is 587 g/mol. The van der Waals surface area contributed by atoms with Crippen molar-refractivity contribution in [3.8, 4) is 16.9 Å². The summed E-state index contributed by atoms with van der Waals surface area (Å²) in [5, 5.41) is 27.9. The Morgan fingerprint density at radius 1 is 0.974 bits per heavy atom. The average molecular weight is 604 g/mol. The summed E-state index contributed by atoms with van der Waals surface area (Å²) in [6, 6.07) is 17.3. The van der Waals surface area contributed by atoms with Gasteiger partial charge in [0.15, 0.2) is 11.5 Å². The first-order valence-electron chi connectivity index (χ1n) is 11.1. The smallest absolute Gasteiger partial charge is 0.276 e. The van der Waals surface area contributed by atoms with Gasteiger partial charge in [-0.3, -0.25) is 4.79 Å². The number of aromatic amines is 1. The monoisotopic (exact) mass is 602 g/mol. The van der Waals surface area contributed by atoms with E-state index in [1.165, 1.54) is 28.9 Å². The van der Waals surface area contributed by atoms with Crippen molar-refractivity contribution in [2.45, 2.75) is 11.3 Å². The lowest BCUT2D eigenvalue weighted by Crippen LogP contribution is -2.16. The molecule has 15 heteroatoms. The number of rotatable bonds is 7. The van der Waals surface area contributed by atoms with Gasteiger partial charge in [0.25, 0.3) is 5.91 Å². The molecule has 0 bridgehead atoms. The van der Waals surface area contributed by atoms with Gasteiger partial charge in [0.2, 0.25) is 10.0 Å². The standard InChI is InChI=1S/C24H17Cl3N8O3S/c25-14-3-1-13(2-4-14)23-18(12-21-30-33-34-31-21)22(32-35(23)20-10-5-15(26)11-19(20)27)24(36)29-16-6-8-17(9-7-16)39(28,37)38/h1-11H,12H2,(H,29,36)(H2,28,37,38)(H,30,31,33,34). The summed E-state index contributed by atoms with van der Waals surface area (Å²) in [6.45, 7) is 0. The highest BCUT2D eigenvalue weighted by Crippen LogP contribution is 2.35. The van der Waals surface area contributed by atoms with E-state index in [-0.39, 0.29) is 17.0 Å². The molecule has 0 aliphatic rings. The maximum Gasteiger partial charge on any atom is 0.276 e. The lowest BCUT2D eigenvalue weighted by molar-refractivity contribution is 0.102. The molecule has 5 rings (SSSR count). The van der Waals surface area contributed by atoms with Crippen LogP contribution in [0.2, 0.25) is 15.1 Å². The number of hydrogen-bond donors (Lipinski definition) is 3. The summed E-state index contributed by atoms with van der Waals surface area (Å²) in [5.74, 6) is -0.255. The number of hydrogen-bond acceptors (Lipinski definition) is 7. The molecule has 0 aliphatic heterocycles. The predicted molar refractivity (Wildman–Crippen MR) is 147 cm³/mol. The summed E-state index contributed by atoms with van der Waals surface area (Å²) >= 11 is 18.8. The first-order valence-corrected chi connectivity index (χ1v) is 13.8. The van der Waals surface area contributed by atoms with Crippen molar-refractivity contribution in [1.29, 1.82) is 0 Å². The number of carbonyl (C=O) groups is 1. The molecular formula is C24H17Cl3N8O3S. The van der Waals surface area contributed by atoms with Gasteiger partial charge in [0.05, 0.1) is 21.3 Å². The fourth-order valence-corrected chi connectivity index (χ4v) is 5.00. The minimum atomic E-state index is -3.89. The van der Waals surface area contributed by atoms with E-state index in [2.05, 4.69) is 31.0 Å². The third-order valence-corrected chi connectivity index (χ3v) is 7.34. The van der Waals surface area contributed by atoms with Gasteiger partial charge in [-0.15, -0.1) is 10.2 Å². The van der Waals surface area contributed by atoms with Crippen molar-refractivity contribution in [3.05, 3.63) is 98.9 Å². The number of nitrogens with one attached hydrogen (secondary N) is 2. The van der Waals surface area contributed by atoms with Crippen LogP contribution in [-0.4, -0.2) is 44.7 Å². The SMILES string of the molecule is NS(=O)(=O)c1ccc(NC(=O)c2nn(-c3ccc(Cl)cc3Cl)c(-c3ccc(Cl)cc3)c2Cc2nn[nH]n2)cc1. The van der Waals surface area contributed by atoms with Crippen LogP contribution in [0, 0.1) is 0 Å². The number of sulfonamides is 1. The number of aromatic nitrogens is 6. The molecule has 2 aromatic heterocycles. The second kappa shape index (κ2) is 10.8. The lowest BCUT2D eigenvalue weighted by Gasteiger charge is -2.11. The van der Waals surface area contributed by atoms with E-state index in [0.717, 1.165) is 0 Å². The number of nitrogens with two attached hydrogens (primary N) is 1. The molecule has 0 unspecified atom stereocenters. The lowest BCUT2D eigenvalue weighted by atomic mass is 10.0. The van der Waals surface area contributed by atoms with E-state index in [9.17, 15) is 13.2 Å². The molecule has 2 heterocycles. The Bertz CT molecular complexity index is 1770. The number of benzene rings is 3. The molecule has 11 nitrogen and oxygen atoms in total. The molecule has 39 heavy (non-hydrogen) atoms. The second-order valence-corrected chi connectivity index (χ2v) is 11.1. The molecule has 198 valence electrons. The molecule has 0 saturated carbocycles. The Morgan fingerprint density at radius 2 is 1.67 bits per heavy atom. The molecule has 0 fully saturated rings. The van der Waals surface area contributed by atoms with Gasteiger partial charge in [-0.2, -0.15) is 10.3 Å². The van der Waals surface area contributed by atoms with E-state index in [1.54, 1.807) is 42.5 Å². The van der Waals surface area contributed by atoms with Crippen LogP contribution < -0.4 is 10.5 Å². The molecule has 5 aromatic rings. The Kier molecular flexibility index (Phi) is 7.38. The van der Waals surface area contributed by atoms with Gasteiger partial charge >= 0.3 is 0 Å². The van der Waals surface area contributed by atoms with Gasteiger partial charge in [-0.25, -0.2) is 18.2 Å². The first-order chi connectivity index (χ1) is 18.6. The zero-order chi connectivity index (χ0) is 27.7. The van der Waals surface area contributed by atoms with Crippen LogP contribution in [0.4, 0.5) is 5.69 Å². The number of anilines is 1. The van der Waals surface area contributed by atoms with Crippen LogP contribution in [0.5, 0.6) is 0 Å². The van der Waals surface area contributed by atoms with Crippen LogP contribution in [0.15, 0.2) is 71.6 Å². The number of tetrazole rings is 1. The Morgan fingerprint density at radius 3 is 2.28 bits per heavy atom. The van der Waals surface area contributed by atoms with E-state index in [4.69, 9.17) is 39.9 Å². The Labute approximate surface area is 236 Å².